The Hall–Kier alpha value is -2.45. The number of carbonyl (C=O) groups is 3. The van der Waals surface area contributed by atoms with Gasteiger partial charge in [0.25, 0.3) is 0 Å². The molecule has 0 aromatic rings. The number of nitrogens with one attached hydrogen (secondary N) is 3. The van der Waals surface area contributed by atoms with Crippen LogP contribution in [0.1, 0.15) is 46.0 Å². The van der Waals surface area contributed by atoms with Crippen LogP contribution in [0.3, 0.4) is 0 Å². The summed E-state index contributed by atoms with van der Waals surface area (Å²) in [6.07, 6.45) is 2.41. The number of carboxylic acids is 2. The van der Waals surface area contributed by atoms with Crippen molar-refractivity contribution in [2.45, 2.75) is 58.0 Å². The summed E-state index contributed by atoms with van der Waals surface area (Å²) >= 11 is 0. The highest BCUT2D eigenvalue weighted by Gasteiger charge is 2.19. The molecular weight excluding hydrogens is 334 g/mol. The van der Waals surface area contributed by atoms with Crippen LogP contribution in [0.5, 0.6) is 0 Å². The Kier molecular flexibility index (Phi) is 16.3. The molecule has 0 aliphatic carbocycles. The summed E-state index contributed by atoms with van der Waals surface area (Å²) in [7, 11) is 0. The summed E-state index contributed by atoms with van der Waals surface area (Å²) in [6.45, 7) is 5.08. The highest BCUT2D eigenvalue weighted by molar-refractivity contribution is 5.82. The second kappa shape index (κ2) is 16.4. The molecule has 0 saturated heterocycles. The van der Waals surface area contributed by atoms with E-state index in [0.717, 1.165) is 13.0 Å². The van der Waals surface area contributed by atoms with Crippen LogP contribution >= 0.6 is 0 Å². The zero-order valence-electron chi connectivity index (χ0n) is 14.5. The maximum absolute atomic E-state index is 11.5. The molecule has 0 bridgehead atoms. The molecule has 0 radical (unpaired) electrons. The van der Waals surface area contributed by atoms with Crippen LogP contribution in [0.2, 0.25) is 0 Å². The number of carboxylic acid groups (broad SMARTS) is 2. The van der Waals surface area contributed by atoms with Crippen LogP contribution in [0.4, 0.5) is 4.79 Å². The Morgan fingerprint density at radius 2 is 1.60 bits per heavy atom. The van der Waals surface area contributed by atoms with Gasteiger partial charge in [-0.1, -0.05) is 13.8 Å². The molecule has 0 unspecified atom stereocenters. The largest absolute Gasteiger partial charge is 0.481 e. The van der Waals surface area contributed by atoms with Gasteiger partial charge in [0.15, 0.2) is 0 Å². The molecule has 0 spiro atoms. The van der Waals surface area contributed by atoms with Gasteiger partial charge in [0.1, 0.15) is 6.04 Å². The monoisotopic (exact) mass is 361 g/mol. The fourth-order valence-electron chi connectivity index (χ4n) is 1.77. The van der Waals surface area contributed by atoms with E-state index in [0.29, 0.717) is 25.3 Å². The molecule has 0 aromatic heterocycles. The van der Waals surface area contributed by atoms with Crippen LogP contribution in [-0.2, 0) is 19.2 Å². The molecule has 10 nitrogen and oxygen atoms in total. The lowest BCUT2D eigenvalue weighted by Gasteiger charge is -2.15. The van der Waals surface area contributed by atoms with Crippen molar-refractivity contribution in [2.75, 3.05) is 13.1 Å². The molecule has 25 heavy (non-hydrogen) atoms. The minimum atomic E-state index is -1.07. The molecule has 0 saturated carbocycles. The molecule has 0 aromatic carbocycles. The summed E-state index contributed by atoms with van der Waals surface area (Å²) in [4.78, 5) is 49.2. The first-order chi connectivity index (χ1) is 11.7. The predicted molar refractivity (Wildman–Crippen MR) is 86.8 cm³/mol. The van der Waals surface area contributed by atoms with E-state index in [9.17, 15) is 14.4 Å². The van der Waals surface area contributed by atoms with Crippen LogP contribution in [0, 0.1) is 0 Å². The average Bonchev–Trinajstić information content (AvgIpc) is 2.50. The quantitative estimate of drug-likeness (QED) is 0.308. The Morgan fingerprint density at radius 1 is 1.00 bits per heavy atom. The van der Waals surface area contributed by atoms with Crippen LogP contribution in [0.25, 0.3) is 0 Å². The van der Waals surface area contributed by atoms with E-state index in [1.165, 1.54) is 0 Å². The fourth-order valence-corrected chi connectivity index (χ4v) is 1.77. The Morgan fingerprint density at radius 3 is 2.08 bits per heavy atom. The molecule has 0 rings (SSSR count). The van der Waals surface area contributed by atoms with E-state index in [1.807, 2.05) is 13.8 Å². The summed E-state index contributed by atoms with van der Waals surface area (Å²) in [5.41, 5.74) is 0. The van der Waals surface area contributed by atoms with Gasteiger partial charge in [0, 0.05) is 19.0 Å². The molecule has 144 valence electrons. The van der Waals surface area contributed by atoms with E-state index in [1.54, 1.807) is 0 Å². The van der Waals surface area contributed by atoms with Crippen LogP contribution < -0.4 is 16.0 Å². The standard InChI is InChI=1S/C14H27N3O5.CO2/c1-10(2)15-8-4-3-6-11(13(20)21)17-14(22)16-9-5-7-12(18)19;2-1-3/h10-11,15H,3-9H2,1-2H3,(H,18,19)(H,20,21)(H2,16,17,22);/t11-;/m0./s1. The van der Waals surface area contributed by atoms with Gasteiger partial charge in [-0.05, 0) is 32.2 Å². The van der Waals surface area contributed by atoms with Crippen molar-refractivity contribution in [2.24, 2.45) is 0 Å². The van der Waals surface area contributed by atoms with Gasteiger partial charge < -0.3 is 26.2 Å². The lowest BCUT2D eigenvalue weighted by atomic mass is 10.1. The highest BCUT2D eigenvalue weighted by Crippen LogP contribution is 2.01. The highest BCUT2D eigenvalue weighted by atomic mass is 16.4. The smallest absolute Gasteiger partial charge is 0.373 e. The number of hydrogen-bond acceptors (Lipinski definition) is 6. The zero-order valence-corrected chi connectivity index (χ0v) is 14.5. The van der Waals surface area contributed by atoms with Gasteiger partial charge in [0.2, 0.25) is 0 Å². The molecule has 2 amide bonds. The van der Waals surface area contributed by atoms with Crippen molar-refractivity contribution in [1.29, 1.82) is 0 Å². The lowest BCUT2D eigenvalue weighted by molar-refractivity contribution is -0.191. The molecule has 0 aliphatic heterocycles. The first kappa shape index (κ1) is 24.8. The van der Waals surface area contributed by atoms with E-state index in [4.69, 9.17) is 19.8 Å². The SMILES string of the molecule is CC(C)NCCCC[C@H](NC(=O)NCCCC(=O)O)C(=O)O.O=C=O. The third kappa shape index (κ3) is 19.5. The number of hydrogen-bond donors (Lipinski definition) is 5. The summed E-state index contributed by atoms with van der Waals surface area (Å²) < 4.78 is 0. The molecule has 10 heteroatoms. The van der Waals surface area contributed by atoms with E-state index in [2.05, 4.69) is 16.0 Å². The second-order valence-electron chi connectivity index (χ2n) is 5.48. The maximum Gasteiger partial charge on any atom is 0.373 e. The Labute approximate surface area is 146 Å². The summed E-state index contributed by atoms with van der Waals surface area (Å²) in [5.74, 6) is -2.00. The molecule has 5 N–H and O–H groups in total. The normalized spacial score (nSPS) is 10.8. The van der Waals surface area contributed by atoms with Gasteiger partial charge in [-0.15, -0.1) is 0 Å². The fraction of sp³-hybridized carbons (Fsp3) is 0.733. The van der Waals surface area contributed by atoms with E-state index < -0.39 is 24.0 Å². The molecule has 1 atom stereocenters. The van der Waals surface area contributed by atoms with E-state index >= 15 is 0 Å². The summed E-state index contributed by atoms with van der Waals surface area (Å²) in [5, 5.41) is 25.6. The van der Waals surface area contributed by atoms with Gasteiger partial charge in [-0.25, -0.2) is 9.59 Å². The van der Waals surface area contributed by atoms with Crippen molar-refractivity contribution in [1.82, 2.24) is 16.0 Å². The van der Waals surface area contributed by atoms with Crippen LogP contribution in [-0.4, -0.2) is 59.5 Å². The number of unbranched alkanes of at least 4 members (excludes halogenated alkanes) is 1. The lowest BCUT2D eigenvalue weighted by Crippen LogP contribution is -2.46. The number of carbonyl (C=O) groups excluding carboxylic acids is 3. The molecule has 0 heterocycles. The van der Waals surface area contributed by atoms with Crippen molar-refractivity contribution in [3.63, 3.8) is 0 Å². The van der Waals surface area contributed by atoms with E-state index in [-0.39, 0.29) is 19.1 Å². The van der Waals surface area contributed by atoms with Gasteiger partial charge in [-0.2, -0.15) is 9.59 Å². The van der Waals surface area contributed by atoms with Crippen molar-refractivity contribution in [3.05, 3.63) is 0 Å². The molecular formula is C15H27N3O7. The van der Waals surface area contributed by atoms with Gasteiger partial charge in [-0.3, -0.25) is 4.79 Å². The van der Waals surface area contributed by atoms with Crippen molar-refractivity contribution < 1.29 is 34.2 Å². The van der Waals surface area contributed by atoms with Crippen LogP contribution in [0.15, 0.2) is 0 Å². The minimum Gasteiger partial charge on any atom is -0.481 e. The number of aliphatic carboxylic acids is 2. The summed E-state index contributed by atoms with van der Waals surface area (Å²) in [6, 6.07) is -1.12. The number of amides is 2. The van der Waals surface area contributed by atoms with Crippen molar-refractivity contribution >= 4 is 24.1 Å². The average molecular weight is 361 g/mol. The van der Waals surface area contributed by atoms with Gasteiger partial charge >= 0.3 is 24.1 Å². The first-order valence-electron chi connectivity index (χ1n) is 7.96. The number of rotatable bonds is 12. The number of urea groups is 1. The Balaban J connectivity index is 0. The third-order valence-electron chi connectivity index (χ3n) is 2.93. The Bertz CT molecular complexity index is 435. The second-order valence-corrected chi connectivity index (χ2v) is 5.48. The third-order valence-corrected chi connectivity index (χ3v) is 2.93. The molecule has 0 aliphatic rings. The topological polar surface area (TPSA) is 162 Å². The van der Waals surface area contributed by atoms with Crippen molar-refractivity contribution in [3.8, 4) is 0 Å². The minimum absolute atomic E-state index is 0.0362. The predicted octanol–water partition coefficient (Wildman–Crippen LogP) is 0.188. The molecule has 0 fully saturated rings. The maximum atomic E-state index is 11.5. The van der Waals surface area contributed by atoms with Gasteiger partial charge in [0.05, 0.1) is 0 Å². The zero-order chi connectivity index (χ0) is 19.7. The first-order valence-corrected chi connectivity index (χ1v) is 7.96.